The summed E-state index contributed by atoms with van der Waals surface area (Å²) in [6.45, 7) is 6.96. The fourth-order valence-corrected chi connectivity index (χ4v) is 2.63. The van der Waals surface area contributed by atoms with Gasteiger partial charge in [-0.1, -0.05) is 0 Å². The molecule has 0 spiro atoms. The third-order valence-corrected chi connectivity index (χ3v) is 3.92. The average Bonchev–Trinajstić information content (AvgIpc) is 2.79. The first kappa shape index (κ1) is 24.4. The Morgan fingerprint density at radius 1 is 0.531 bits per heavy atom. The Hall–Kier alpha value is -3.82. The monoisotopic (exact) mass is 444 g/mol. The maximum atomic E-state index is 12.3. The highest BCUT2D eigenvalue weighted by atomic mass is 16.5. The van der Waals surface area contributed by atoms with Gasteiger partial charge in [0.25, 0.3) is 0 Å². The van der Waals surface area contributed by atoms with Gasteiger partial charge in [-0.05, 0) is 63.1 Å². The summed E-state index contributed by atoms with van der Waals surface area (Å²) in [5, 5.41) is 0. The number of esters is 4. The average molecular weight is 444 g/mol. The van der Waals surface area contributed by atoms with Crippen LogP contribution in [0.4, 0.5) is 0 Å². The second-order valence-electron chi connectivity index (χ2n) is 6.13. The number of rotatable bonds is 9. The van der Waals surface area contributed by atoms with Crippen molar-refractivity contribution in [1.29, 1.82) is 0 Å². The molecule has 0 N–H and O–H groups in total. The standard InChI is InChI=1S/C22H24N2O8/c1-5-29-19(25)15-9-13(10-16(23-15)20(26)30-6-2)14-11-17(21(27)31-7-3)24-18(12-14)22(28)32-8-4/h9-12H,5-8H2,1-4H3. The number of nitrogens with zero attached hydrogens (tertiary/aromatic N) is 2. The highest BCUT2D eigenvalue weighted by Crippen LogP contribution is 2.24. The molecule has 2 aromatic rings. The van der Waals surface area contributed by atoms with Crippen LogP contribution in [0.15, 0.2) is 24.3 Å². The molecule has 0 fully saturated rings. The molecule has 0 aliphatic carbocycles. The van der Waals surface area contributed by atoms with Crippen LogP contribution < -0.4 is 0 Å². The van der Waals surface area contributed by atoms with Gasteiger partial charge in [0.2, 0.25) is 0 Å². The van der Waals surface area contributed by atoms with Crippen molar-refractivity contribution in [3.05, 3.63) is 47.0 Å². The Bertz CT molecular complexity index is 865. The molecular weight excluding hydrogens is 420 g/mol. The Morgan fingerprint density at radius 3 is 0.938 bits per heavy atom. The van der Waals surface area contributed by atoms with Crippen LogP contribution in [-0.2, 0) is 18.9 Å². The highest BCUT2D eigenvalue weighted by Gasteiger charge is 2.21. The van der Waals surface area contributed by atoms with Gasteiger partial charge in [0.15, 0.2) is 0 Å². The van der Waals surface area contributed by atoms with Gasteiger partial charge in [-0.3, -0.25) is 0 Å². The predicted molar refractivity (Wildman–Crippen MR) is 111 cm³/mol. The number of hydrogen-bond acceptors (Lipinski definition) is 10. The molecule has 0 amide bonds. The number of aromatic nitrogens is 2. The first-order valence-electron chi connectivity index (χ1n) is 10.1. The van der Waals surface area contributed by atoms with E-state index in [0.717, 1.165) is 0 Å². The maximum Gasteiger partial charge on any atom is 0.356 e. The molecule has 0 aromatic carbocycles. The third kappa shape index (κ3) is 6.10. The van der Waals surface area contributed by atoms with Crippen LogP contribution in [0, 0.1) is 0 Å². The molecule has 32 heavy (non-hydrogen) atoms. The number of carbonyl (C=O) groups excluding carboxylic acids is 4. The van der Waals surface area contributed by atoms with Crippen molar-refractivity contribution < 1.29 is 38.1 Å². The summed E-state index contributed by atoms with van der Waals surface area (Å²) >= 11 is 0. The number of hydrogen-bond donors (Lipinski definition) is 0. The molecule has 0 saturated carbocycles. The van der Waals surface area contributed by atoms with Gasteiger partial charge >= 0.3 is 23.9 Å². The van der Waals surface area contributed by atoms with Gasteiger partial charge in [-0.25, -0.2) is 29.1 Å². The van der Waals surface area contributed by atoms with Crippen LogP contribution in [0.2, 0.25) is 0 Å². The zero-order valence-electron chi connectivity index (χ0n) is 18.3. The van der Waals surface area contributed by atoms with Crippen molar-refractivity contribution in [3.8, 4) is 11.1 Å². The van der Waals surface area contributed by atoms with E-state index in [-0.39, 0.29) is 49.2 Å². The lowest BCUT2D eigenvalue weighted by atomic mass is 10.0. The minimum atomic E-state index is -0.745. The van der Waals surface area contributed by atoms with Crippen molar-refractivity contribution in [2.24, 2.45) is 0 Å². The molecule has 2 rings (SSSR count). The summed E-state index contributed by atoms with van der Waals surface area (Å²) in [7, 11) is 0. The van der Waals surface area contributed by atoms with Gasteiger partial charge in [-0.2, -0.15) is 0 Å². The highest BCUT2D eigenvalue weighted by molar-refractivity contribution is 5.96. The maximum absolute atomic E-state index is 12.3. The molecule has 0 saturated heterocycles. The topological polar surface area (TPSA) is 131 Å². The van der Waals surface area contributed by atoms with Crippen LogP contribution >= 0.6 is 0 Å². The molecule has 0 atom stereocenters. The molecule has 2 aromatic heterocycles. The first-order valence-corrected chi connectivity index (χ1v) is 10.1. The zero-order chi connectivity index (χ0) is 23.7. The summed E-state index contributed by atoms with van der Waals surface area (Å²) in [6, 6.07) is 5.50. The van der Waals surface area contributed by atoms with Crippen molar-refractivity contribution in [2.45, 2.75) is 27.7 Å². The van der Waals surface area contributed by atoms with E-state index in [2.05, 4.69) is 9.97 Å². The number of carbonyl (C=O) groups is 4. The van der Waals surface area contributed by atoms with Crippen molar-refractivity contribution in [1.82, 2.24) is 9.97 Å². The molecule has 0 aliphatic rings. The van der Waals surface area contributed by atoms with E-state index < -0.39 is 23.9 Å². The molecule has 10 nitrogen and oxygen atoms in total. The lowest BCUT2D eigenvalue weighted by Crippen LogP contribution is -2.15. The Labute approximate surface area is 184 Å². The summed E-state index contributed by atoms with van der Waals surface area (Å²) in [5.41, 5.74) is 0.0625. The van der Waals surface area contributed by atoms with Gasteiger partial charge in [-0.15, -0.1) is 0 Å². The zero-order valence-corrected chi connectivity index (χ0v) is 18.3. The molecule has 0 bridgehead atoms. The molecule has 0 radical (unpaired) electrons. The Kier molecular flexibility index (Phi) is 8.82. The predicted octanol–water partition coefficient (Wildman–Crippen LogP) is 2.85. The minimum absolute atomic E-state index is 0.106. The normalized spacial score (nSPS) is 10.2. The summed E-state index contributed by atoms with van der Waals surface area (Å²) in [4.78, 5) is 57.2. The van der Waals surface area contributed by atoms with Crippen molar-refractivity contribution in [3.63, 3.8) is 0 Å². The Balaban J connectivity index is 2.69. The first-order chi connectivity index (χ1) is 15.3. The van der Waals surface area contributed by atoms with E-state index >= 15 is 0 Å². The quantitative estimate of drug-likeness (QED) is 0.420. The van der Waals surface area contributed by atoms with Gasteiger partial charge < -0.3 is 18.9 Å². The lowest BCUT2D eigenvalue weighted by Gasteiger charge is -2.11. The van der Waals surface area contributed by atoms with E-state index in [1.165, 1.54) is 24.3 Å². The van der Waals surface area contributed by atoms with Crippen LogP contribution in [0.25, 0.3) is 11.1 Å². The van der Waals surface area contributed by atoms with Crippen LogP contribution in [0.1, 0.15) is 69.6 Å². The fourth-order valence-electron chi connectivity index (χ4n) is 2.63. The van der Waals surface area contributed by atoms with Gasteiger partial charge in [0.05, 0.1) is 26.4 Å². The van der Waals surface area contributed by atoms with E-state index in [9.17, 15) is 19.2 Å². The Morgan fingerprint density at radius 2 is 0.750 bits per heavy atom. The van der Waals surface area contributed by atoms with Gasteiger partial charge in [0.1, 0.15) is 22.8 Å². The smallest absolute Gasteiger partial charge is 0.356 e. The summed E-state index contributed by atoms with van der Waals surface area (Å²) in [6.07, 6.45) is 0. The second-order valence-corrected chi connectivity index (χ2v) is 6.13. The molecule has 0 unspecified atom stereocenters. The van der Waals surface area contributed by atoms with Crippen molar-refractivity contribution >= 4 is 23.9 Å². The van der Waals surface area contributed by atoms with Crippen LogP contribution in [0.3, 0.4) is 0 Å². The number of ether oxygens (including phenoxy) is 4. The molecule has 0 aliphatic heterocycles. The van der Waals surface area contributed by atoms with Crippen molar-refractivity contribution in [2.75, 3.05) is 26.4 Å². The molecule has 170 valence electrons. The number of pyridine rings is 2. The lowest BCUT2D eigenvalue weighted by molar-refractivity contribution is 0.0492. The molecule has 10 heteroatoms. The third-order valence-electron chi connectivity index (χ3n) is 3.92. The SMILES string of the molecule is CCOC(=O)c1cc(-c2cc(C(=O)OCC)nc(C(=O)OCC)c2)cc(C(=O)OCC)n1. The summed E-state index contributed by atoms with van der Waals surface area (Å²) < 4.78 is 19.9. The van der Waals surface area contributed by atoms with E-state index in [1.54, 1.807) is 27.7 Å². The largest absolute Gasteiger partial charge is 0.461 e. The fraction of sp³-hybridized carbons (Fsp3) is 0.364. The molecular formula is C22H24N2O8. The van der Waals surface area contributed by atoms with E-state index in [0.29, 0.717) is 11.1 Å². The summed E-state index contributed by atoms with van der Waals surface area (Å²) in [5.74, 6) is -2.98. The van der Waals surface area contributed by atoms with Crippen LogP contribution in [0.5, 0.6) is 0 Å². The van der Waals surface area contributed by atoms with E-state index in [4.69, 9.17) is 18.9 Å². The van der Waals surface area contributed by atoms with Crippen LogP contribution in [-0.4, -0.2) is 60.3 Å². The second kappa shape index (κ2) is 11.5. The minimum Gasteiger partial charge on any atom is -0.461 e. The molecule has 2 heterocycles. The van der Waals surface area contributed by atoms with Gasteiger partial charge in [0, 0.05) is 0 Å². The van der Waals surface area contributed by atoms with E-state index in [1.807, 2.05) is 0 Å².